The normalized spacial score (nSPS) is 10.2. The molecule has 104 valence electrons. The number of nitrogens with one attached hydrogen (secondary N) is 1. The van der Waals surface area contributed by atoms with Crippen LogP contribution in [-0.4, -0.2) is 17.4 Å². The van der Waals surface area contributed by atoms with Crippen molar-refractivity contribution < 1.29 is 9.72 Å². The van der Waals surface area contributed by atoms with Crippen molar-refractivity contribution in [2.45, 2.75) is 6.42 Å². The summed E-state index contributed by atoms with van der Waals surface area (Å²) < 4.78 is 0. The molecule has 0 bridgehead atoms. The number of nitrogens with zero attached hydrogens (tertiary/aromatic N) is 1. The zero-order valence-corrected chi connectivity index (χ0v) is 11.9. The van der Waals surface area contributed by atoms with E-state index in [2.05, 4.69) is 5.32 Å². The van der Waals surface area contributed by atoms with E-state index in [-0.39, 0.29) is 11.3 Å². The molecule has 1 amide bonds. The van der Waals surface area contributed by atoms with Crippen molar-refractivity contribution in [2.75, 3.05) is 6.54 Å². The molecular weight excluding hydrogens is 300 g/mol. The van der Waals surface area contributed by atoms with Crippen molar-refractivity contribution >= 4 is 34.5 Å². The van der Waals surface area contributed by atoms with Crippen LogP contribution >= 0.6 is 22.9 Å². The van der Waals surface area contributed by atoms with Gasteiger partial charge < -0.3 is 5.32 Å². The van der Waals surface area contributed by atoms with Crippen molar-refractivity contribution in [1.29, 1.82) is 0 Å². The molecule has 1 N–H and O–H groups in total. The minimum atomic E-state index is -0.593. The highest BCUT2D eigenvalue weighted by Crippen LogP contribution is 2.22. The van der Waals surface area contributed by atoms with Gasteiger partial charge in [-0.25, -0.2) is 0 Å². The van der Waals surface area contributed by atoms with E-state index in [4.69, 9.17) is 11.6 Å². The molecule has 0 saturated heterocycles. The van der Waals surface area contributed by atoms with Crippen LogP contribution in [-0.2, 0) is 6.42 Å². The third-order valence-electron chi connectivity index (χ3n) is 2.68. The van der Waals surface area contributed by atoms with Crippen LogP contribution in [0.3, 0.4) is 0 Å². The van der Waals surface area contributed by atoms with Crippen LogP contribution in [0.5, 0.6) is 0 Å². The van der Waals surface area contributed by atoms with Crippen LogP contribution < -0.4 is 5.32 Å². The van der Waals surface area contributed by atoms with Gasteiger partial charge in [0.05, 0.1) is 4.92 Å². The number of carbonyl (C=O) groups is 1. The van der Waals surface area contributed by atoms with Crippen LogP contribution in [0.1, 0.15) is 15.9 Å². The molecule has 0 saturated carbocycles. The average molecular weight is 311 g/mol. The number of hydrogen-bond acceptors (Lipinski definition) is 4. The van der Waals surface area contributed by atoms with Gasteiger partial charge in [0.25, 0.3) is 11.6 Å². The van der Waals surface area contributed by atoms with Crippen LogP contribution in [0.2, 0.25) is 5.02 Å². The third-order valence-corrected chi connectivity index (χ3v) is 3.65. The van der Waals surface area contributed by atoms with Crippen molar-refractivity contribution in [2.24, 2.45) is 0 Å². The van der Waals surface area contributed by atoms with Gasteiger partial charge in [0.1, 0.15) is 5.56 Å². The Balaban J connectivity index is 2.05. The first kappa shape index (κ1) is 14.5. The summed E-state index contributed by atoms with van der Waals surface area (Å²) >= 11 is 7.36. The molecule has 1 aromatic carbocycles. The van der Waals surface area contributed by atoms with E-state index >= 15 is 0 Å². The maximum Gasteiger partial charge on any atom is 0.282 e. The average Bonchev–Trinajstić information content (AvgIpc) is 2.91. The van der Waals surface area contributed by atoms with Crippen LogP contribution in [0.15, 0.2) is 35.0 Å². The molecule has 7 heteroatoms. The van der Waals surface area contributed by atoms with Gasteiger partial charge in [-0.1, -0.05) is 11.6 Å². The largest absolute Gasteiger partial charge is 0.351 e. The van der Waals surface area contributed by atoms with Gasteiger partial charge in [0.2, 0.25) is 0 Å². The quantitative estimate of drug-likeness (QED) is 0.680. The molecule has 1 aromatic heterocycles. The van der Waals surface area contributed by atoms with Gasteiger partial charge in [0.15, 0.2) is 0 Å². The summed E-state index contributed by atoms with van der Waals surface area (Å²) in [6.07, 6.45) is 0.684. The second kappa shape index (κ2) is 6.49. The molecule has 2 rings (SSSR count). The fourth-order valence-electron chi connectivity index (χ4n) is 1.70. The van der Waals surface area contributed by atoms with E-state index in [1.165, 1.54) is 18.2 Å². The molecule has 0 spiro atoms. The van der Waals surface area contributed by atoms with E-state index < -0.39 is 10.8 Å². The number of nitro groups is 1. The first-order chi connectivity index (χ1) is 9.58. The lowest BCUT2D eigenvalue weighted by molar-refractivity contribution is -0.385. The number of thiophene rings is 1. The fraction of sp³-hybridized carbons (Fsp3) is 0.154. The predicted octanol–water partition coefficient (Wildman–Crippen LogP) is 3.28. The van der Waals surface area contributed by atoms with Gasteiger partial charge >= 0.3 is 0 Å². The number of carbonyl (C=O) groups excluding carboxylic acids is 1. The summed E-state index contributed by atoms with van der Waals surface area (Å²) in [5, 5.41) is 17.8. The predicted molar refractivity (Wildman–Crippen MR) is 78.5 cm³/mol. The fourth-order valence-corrected chi connectivity index (χ4v) is 2.58. The molecule has 0 aliphatic carbocycles. The standard InChI is InChI=1S/C13H11ClN2O3S/c14-10-1-2-12(16(18)19)11(7-10)13(17)15-5-3-9-4-6-20-8-9/h1-2,4,6-8H,3,5H2,(H,15,17). The molecule has 0 aliphatic heterocycles. The Morgan fingerprint density at radius 3 is 2.85 bits per heavy atom. The molecule has 5 nitrogen and oxygen atoms in total. The number of hydrogen-bond donors (Lipinski definition) is 1. The van der Waals surface area contributed by atoms with Crippen molar-refractivity contribution in [1.82, 2.24) is 5.32 Å². The zero-order valence-electron chi connectivity index (χ0n) is 10.3. The highest BCUT2D eigenvalue weighted by molar-refractivity contribution is 7.07. The van der Waals surface area contributed by atoms with E-state index in [1.807, 2.05) is 16.8 Å². The Bertz CT molecular complexity index is 629. The lowest BCUT2D eigenvalue weighted by Gasteiger charge is -2.05. The van der Waals surface area contributed by atoms with Crippen molar-refractivity contribution in [3.63, 3.8) is 0 Å². The smallest absolute Gasteiger partial charge is 0.282 e. The van der Waals surface area contributed by atoms with Crippen LogP contribution in [0.25, 0.3) is 0 Å². The number of nitro benzene ring substituents is 1. The van der Waals surface area contributed by atoms with Crippen molar-refractivity contribution in [3.8, 4) is 0 Å². The first-order valence-electron chi connectivity index (χ1n) is 5.81. The van der Waals surface area contributed by atoms with E-state index in [0.29, 0.717) is 18.0 Å². The number of amides is 1. The molecule has 0 unspecified atom stereocenters. The van der Waals surface area contributed by atoms with Crippen molar-refractivity contribution in [3.05, 3.63) is 61.3 Å². The highest BCUT2D eigenvalue weighted by Gasteiger charge is 2.20. The lowest BCUT2D eigenvalue weighted by atomic mass is 10.1. The summed E-state index contributed by atoms with van der Waals surface area (Å²) in [5.74, 6) is -0.491. The SMILES string of the molecule is O=C(NCCc1ccsc1)c1cc(Cl)ccc1[N+](=O)[O-]. The maximum absolute atomic E-state index is 12.0. The molecule has 0 aliphatic rings. The van der Waals surface area contributed by atoms with Gasteiger partial charge in [-0.2, -0.15) is 11.3 Å². The number of halogens is 1. The summed E-state index contributed by atoms with van der Waals surface area (Å²) in [7, 11) is 0. The van der Waals surface area contributed by atoms with E-state index in [1.54, 1.807) is 11.3 Å². The topological polar surface area (TPSA) is 72.2 Å². The zero-order chi connectivity index (χ0) is 14.5. The van der Waals surface area contributed by atoms with E-state index in [0.717, 1.165) is 5.56 Å². The number of benzene rings is 1. The monoisotopic (exact) mass is 310 g/mol. The minimum Gasteiger partial charge on any atom is -0.351 e. The lowest BCUT2D eigenvalue weighted by Crippen LogP contribution is -2.26. The summed E-state index contributed by atoms with van der Waals surface area (Å²) in [6, 6.07) is 5.90. The molecule has 2 aromatic rings. The molecule has 1 heterocycles. The maximum atomic E-state index is 12.0. The van der Waals surface area contributed by atoms with E-state index in [9.17, 15) is 14.9 Å². The highest BCUT2D eigenvalue weighted by atomic mass is 35.5. The van der Waals surface area contributed by atoms with Gasteiger partial charge in [0, 0.05) is 17.6 Å². The second-order valence-electron chi connectivity index (χ2n) is 4.06. The molecule has 0 atom stereocenters. The summed E-state index contributed by atoms with van der Waals surface area (Å²) in [6.45, 7) is 0.416. The molecule has 0 fully saturated rings. The van der Waals surface area contributed by atoms with Crippen LogP contribution in [0, 0.1) is 10.1 Å². The Kier molecular flexibility index (Phi) is 4.70. The number of rotatable bonds is 5. The minimum absolute atomic E-state index is 0.0205. The Morgan fingerprint density at radius 2 is 2.20 bits per heavy atom. The summed E-state index contributed by atoms with van der Waals surface area (Å²) in [5.41, 5.74) is 0.853. The first-order valence-corrected chi connectivity index (χ1v) is 7.13. The Morgan fingerprint density at radius 1 is 1.40 bits per heavy atom. The Hall–Kier alpha value is -1.92. The van der Waals surface area contributed by atoms with Gasteiger partial charge in [-0.15, -0.1) is 0 Å². The molecular formula is C13H11ClN2O3S. The second-order valence-corrected chi connectivity index (χ2v) is 5.27. The molecule has 0 radical (unpaired) electrons. The summed E-state index contributed by atoms with van der Waals surface area (Å²) in [4.78, 5) is 22.3. The van der Waals surface area contributed by atoms with Gasteiger partial charge in [-0.3, -0.25) is 14.9 Å². The molecule has 20 heavy (non-hydrogen) atoms. The van der Waals surface area contributed by atoms with Crippen LogP contribution in [0.4, 0.5) is 5.69 Å². The Labute approximate surface area is 124 Å². The third kappa shape index (κ3) is 3.55. The van der Waals surface area contributed by atoms with Gasteiger partial charge in [-0.05, 0) is 40.9 Å².